The fourth-order valence-electron chi connectivity index (χ4n) is 2.57. The van der Waals surface area contributed by atoms with Crippen molar-refractivity contribution in [3.05, 3.63) is 53.8 Å². The summed E-state index contributed by atoms with van der Waals surface area (Å²) in [6.45, 7) is 0.0904. The van der Waals surface area contributed by atoms with Crippen LogP contribution in [0, 0.1) is 5.82 Å². The van der Waals surface area contributed by atoms with Crippen LogP contribution in [0.15, 0.2) is 47.4 Å². The van der Waals surface area contributed by atoms with E-state index < -0.39 is 10.0 Å². The maximum atomic E-state index is 13.5. The highest BCUT2D eigenvalue weighted by atomic mass is 32.2. The maximum absolute atomic E-state index is 13.5. The smallest absolute Gasteiger partial charge is 0.240 e. The van der Waals surface area contributed by atoms with Crippen molar-refractivity contribution in [3.8, 4) is 11.5 Å². The van der Waals surface area contributed by atoms with E-state index >= 15 is 0 Å². The number of benzene rings is 2. The van der Waals surface area contributed by atoms with Gasteiger partial charge in [0.2, 0.25) is 10.0 Å². The molecule has 0 unspecified atom stereocenters. The van der Waals surface area contributed by atoms with Crippen LogP contribution in [0.4, 0.5) is 4.39 Å². The van der Waals surface area contributed by atoms with Crippen molar-refractivity contribution in [2.45, 2.75) is 10.9 Å². The number of rotatable bonds is 8. The van der Waals surface area contributed by atoms with Crippen molar-refractivity contribution in [3.63, 3.8) is 0 Å². The zero-order valence-corrected chi connectivity index (χ0v) is 16.0. The number of ether oxygens (including phenoxy) is 2. The Morgan fingerprint density at radius 1 is 1.08 bits per heavy atom. The average molecular weight is 382 g/mol. The fraction of sp³-hybridized carbons (Fsp3) is 0.333. The van der Waals surface area contributed by atoms with E-state index in [1.807, 2.05) is 4.90 Å². The molecule has 0 spiro atoms. The quantitative estimate of drug-likeness (QED) is 0.760. The highest BCUT2D eigenvalue weighted by Gasteiger charge is 2.21. The first-order valence-electron chi connectivity index (χ1n) is 7.92. The monoisotopic (exact) mass is 382 g/mol. The van der Waals surface area contributed by atoms with Gasteiger partial charge in [0, 0.05) is 18.7 Å². The minimum absolute atomic E-state index is 0.0619. The van der Waals surface area contributed by atoms with Gasteiger partial charge >= 0.3 is 0 Å². The van der Waals surface area contributed by atoms with Gasteiger partial charge in [0.05, 0.1) is 19.1 Å². The lowest BCUT2D eigenvalue weighted by Crippen LogP contribution is -2.34. The van der Waals surface area contributed by atoms with Crippen molar-refractivity contribution in [2.75, 3.05) is 34.9 Å². The molecule has 0 saturated heterocycles. The molecule has 0 aliphatic carbocycles. The van der Waals surface area contributed by atoms with E-state index in [0.29, 0.717) is 17.1 Å². The number of nitrogens with zero attached hydrogens (tertiary/aromatic N) is 1. The third kappa shape index (κ3) is 4.72. The number of hydrogen-bond donors (Lipinski definition) is 1. The molecule has 6 nitrogen and oxygen atoms in total. The summed E-state index contributed by atoms with van der Waals surface area (Å²) in [6.07, 6.45) is 0. The minimum atomic E-state index is -3.77. The van der Waals surface area contributed by atoms with Crippen molar-refractivity contribution in [1.29, 1.82) is 0 Å². The summed E-state index contributed by atoms with van der Waals surface area (Å²) in [5.74, 6) is 0.402. The lowest BCUT2D eigenvalue weighted by atomic mass is 10.1. The summed E-state index contributed by atoms with van der Waals surface area (Å²) in [5.41, 5.74) is 0.685. The van der Waals surface area contributed by atoms with Crippen LogP contribution in [-0.4, -0.2) is 48.2 Å². The Morgan fingerprint density at radius 3 is 2.35 bits per heavy atom. The van der Waals surface area contributed by atoms with Crippen molar-refractivity contribution >= 4 is 10.0 Å². The molecule has 1 atom stereocenters. The second-order valence-electron chi connectivity index (χ2n) is 5.90. The standard InChI is InChI=1S/C18H23FN2O4S/c1-21(2)16(13-6-5-7-14(19)10-13)12-20-26(22,23)15-8-9-17(24-3)18(11-15)25-4/h5-11,16,20H,12H2,1-4H3/t16-/m0/s1. The summed E-state index contributed by atoms with van der Waals surface area (Å²) < 4.78 is 51.6. The third-order valence-electron chi connectivity index (χ3n) is 3.99. The van der Waals surface area contributed by atoms with E-state index in [1.165, 1.54) is 44.6 Å². The van der Waals surface area contributed by atoms with Crippen LogP contribution in [0.5, 0.6) is 11.5 Å². The molecule has 0 aromatic heterocycles. The molecule has 0 aliphatic rings. The first-order chi connectivity index (χ1) is 12.3. The van der Waals surface area contributed by atoms with Crippen LogP contribution in [-0.2, 0) is 10.0 Å². The van der Waals surface area contributed by atoms with E-state index in [2.05, 4.69) is 4.72 Å². The van der Waals surface area contributed by atoms with E-state index in [-0.39, 0.29) is 23.3 Å². The van der Waals surface area contributed by atoms with Crippen molar-refractivity contribution in [1.82, 2.24) is 9.62 Å². The normalized spacial score (nSPS) is 12.8. The van der Waals surface area contributed by atoms with E-state index in [1.54, 1.807) is 26.2 Å². The van der Waals surface area contributed by atoms with Crippen LogP contribution in [0.3, 0.4) is 0 Å². The Bertz CT molecular complexity index is 856. The zero-order chi connectivity index (χ0) is 19.3. The van der Waals surface area contributed by atoms with Crippen LogP contribution in [0.1, 0.15) is 11.6 Å². The van der Waals surface area contributed by atoms with E-state index in [0.717, 1.165) is 0 Å². The fourth-order valence-corrected chi connectivity index (χ4v) is 3.62. The Labute approximate surface area is 153 Å². The predicted molar refractivity (Wildman–Crippen MR) is 97.6 cm³/mol. The van der Waals surface area contributed by atoms with Gasteiger partial charge in [0.25, 0.3) is 0 Å². The lowest BCUT2D eigenvalue weighted by molar-refractivity contribution is 0.298. The second-order valence-corrected chi connectivity index (χ2v) is 7.67. The molecule has 0 aliphatic heterocycles. The van der Waals surface area contributed by atoms with Crippen LogP contribution in [0.2, 0.25) is 0 Å². The molecular formula is C18H23FN2O4S. The molecule has 2 rings (SSSR count). The average Bonchev–Trinajstić information content (AvgIpc) is 2.60. The van der Waals surface area contributed by atoms with Crippen LogP contribution in [0.25, 0.3) is 0 Å². The van der Waals surface area contributed by atoms with Gasteiger partial charge in [-0.15, -0.1) is 0 Å². The van der Waals surface area contributed by atoms with Crippen LogP contribution >= 0.6 is 0 Å². The summed E-state index contributed by atoms with van der Waals surface area (Å²) in [7, 11) is 2.76. The molecule has 142 valence electrons. The molecule has 0 saturated carbocycles. The summed E-state index contributed by atoms with van der Waals surface area (Å²) >= 11 is 0. The molecule has 0 heterocycles. The SMILES string of the molecule is COc1ccc(S(=O)(=O)NC[C@@H](c2cccc(F)c2)N(C)C)cc1OC. The highest BCUT2D eigenvalue weighted by Crippen LogP contribution is 2.29. The lowest BCUT2D eigenvalue weighted by Gasteiger charge is -2.25. The van der Waals surface area contributed by atoms with Crippen molar-refractivity contribution < 1.29 is 22.3 Å². The molecule has 26 heavy (non-hydrogen) atoms. The zero-order valence-electron chi connectivity index (χ0n) is 15.2. The number of methoxy groups -OCH3 is 2. The van der Waals surface area contributed by atoms with Gasteiger partial charge in [-0.3, -0.25) is 0 Å². The summed E-state index contributed by atoms with van der Waals surface area (Å²) in [4.78, 5) is 1.89. The van der Waals surface area contributed by atoms with Gasteiger partial charge in [-0.2, -0.15) is 0 Å². The Hall–Kier alpha value is -2.16. The van der Waals surface area contributed by atoms with Gasteiger partial charge in [-0.25, -0.2) is 17.5 Å². The summed E-state index contributed by atoms with van der Waals surface area (Å²) in [6, 6.07) is 10.2. The maximum Gasteiger partial charge on any atom is 0.240 e. The molecule has 0 bridgehead atoms. The number of halogens is 1. The summed E-state index contributed by atoms with van der Waals surface area (Å²) in [5, 5.41) is 0. The predicted octanol–water partition coefficient (Wildman–Crippen LogP) is 2.42. The van der Waals surface area contributed by atoms with Gasteiger partial charge in [-0.1, -0.05) is 12.1 Å². The number of nitrogens with one attached hydrogen (secondary N) is 1. The molecule has 2 aromatic carbocycles. The molecule has 0 amide bonds. The molecule has 8 heteroatoms. The number of hydrogen-bond acceptors (Lipinski definition) is 5. The van der Waals surface area contributed by atoms with Crippen molar-refractivity contribution in [2.24, 2.45) is 0 Å². The first-order valence-corrected chi connectivity index (χ1v) is 9.40. The molecular weight excluding hydrogens is 359 g/mol. The molecule has 2 aromatic rings. The van der Waals surface area contributed by atoms with Crippen LogP contribution < -0.4 is 14.2 Å². The largest absolute Gasteiger partial charge is 0.493 e. The second kappa shape index (κ2) is 8.48. The van der Waals surface area contributed by atoms with Gasteiger partial charge in [-0.05, 0) is 43.9 Å². The highest BCUT2D eigenvalue weighted by molar-refractivity contribution is 7.89. The number of sulfonamides is 1. The number of likely N-dealkylation sites (N-methyl/N-ethyl adjacent to an activating group) is 1. The van der Waals surface area contributed by atoms with Gasteiger partial charge < -0.3 is 14.4 Å². The van der Waals surface area contributed by atoms with Gasteiger partial charge in [0.15, 0.2) is 11.5 Å². The molecule has 0 fully saturated rings. The Morgan fingerprint density at radius 2 is 1.77 bits per heavy atom. The van der Waals surface area contributed by atoms with Gasteiger partial charge in [0.1, 0.15) is 5.82 Å². The molecule has 1 N–H and O–H groups in total. The third-order valence-corrected chi connectivity index (χ3v) is 5.41. The topological polar surface area (TPSA) is 67.9 Å². The minimum Gasteiger partial charge on any atom is -0.493 e. The van der Waals surface area contributed by atoms with E-state index in [9.17, 15) is 12.8 Å². The van der Waals surface area contributed by atoms with E-state index in [4.69, 9.17) is 9.47 Å². The Kier molecular flexibility index (Phi) is 6.57. The Balaban J connectivity index is 2.22. The molecule has 0 radical (unpaired) electrons. The first kappa shape index (κ1) is 20.2.